The standard InChI is InChI=1S/C26H31N3O3/c1-31-23-13-22(14-24(15-23)32-2)28-26(30)9-8-19-5-4-12-29(17-19)18-21-7-3-6-20-16-27-11-10-25(20)21/h3,6-7,10-11,13-16,19H,4-5,8-9,12,17-18H2,1-2H3,(H,28,30). The van der Waals surface area contributed by atoms with Gasteiger partial charge in [0.25, 0.3) is 0 Å². The Bertz CT molecular complexity index is 1040. The van der Waals surface area contributed by atoms with Crippen molar-refractivity contribution >= 4 is 22.4 Å². The van der Waals surface area contributed by atoms with Crippen molar-refractivity contribution in [2.45, 2.75) is 32.2 Å². The second-order valence-electron chi connectivity index (χ2n) is 8.45. The Hall–Kier alpha value is -3.12. The van der Waals surface area contributed by atoms with Gasteiger partial charge in [0.05, 0.1) is 14.2 Å². The normalized spacial score (nSPS) is 16.6. The van der Waals surface area contributed by atoms with Crippen molar-refractivity contribution in [3.05, 3.63) is 60.4 Å². The number of ether oxygens (including phenoxy) is 2. The molecule has 168 valence electrons. The van der Waals surface area contributed by atoms with E-state index in [1.165, 1.54) is 29.2 Å². The van der Waals surface area contributed by atoms with E-state index in [0.29, 0.717) is 29.5 Å². The summed E-state index contributed by atoms with van der Waals surface area (Å²) >= 11 is 0. The van der Waals surface area contributed by atoms with Gasteiger partial charge in [0.15, 0.2) is 0 Å². The summed E-state index contributed by atoms with van der Waals surface area (Å²) in [6, 6.07) is 13.9. The number of pyridine rings is 1. The van der Waals surface area contributed by atoms with Crippen LogP contribution in [0.2, 0.25) is 0 Å². The molecular weight excluding hydrogens is 402 g/mol. The molecule has 0 bridgehead atoms. The number of hydrogen-bond acceptors (Lipinski definition) is 5. The highest BCUT2D eigenvalue weighted by Gasteiger charge is 2.21. The maximum Gasteiger partial charge on any atom is 0.224 e. The number of anilines is 1. The molecule has 6 nitrogen and oxygen atoms in total. The number of nitrogens with zero attached hydrogens (tertiary/aromatic N) is 2. The van der Waals surface area contributed by atoms with Gasteiger partial charge in [0.2, 0.25) is 5.91 Å². The SMILES string of the molecule is COc1cc(NC(=O)CCC2CCCN(Cc3cccc4cnccc34)C2)cc(OC)c1. The summed E-state index contributed by atoms with van der Waals surface area (Å²) in [6.07, 6.45) is 7.54. The third kappa shape index (κ3) is 5.56. The Morgan fingerprint density at radius 3 is 2.75 bits per heavy atom. The Labute approximate surface area is 189 Å². The molecule has 6 heteroatoms. The average molecular weight is 434 g/mol. The highest BCUT2D eigenvalue weighted by atomic mass is 16.5. The quantitative estimate of drug-likeness (QED) is 0.548. The smallest absolute Gasteiger partial charge is 0.224 e. The zero-order valence-corrected chi connectivity index (χ0v) is 18.8. The lowest BCUT2D eigenvalue weighted by Gasteiger charge is -2.33. The lowest BCUT2D eigenvalue weighted by atomic mass is 9.92. The second kappa shape index (κ2) is 10.5. The molecule has 32 heavy (non-hydrogen) atoms. The molecule has 1 aliphatic heterocycles. The molecular formula is C26H31N3O3. The number of carbonyl (C=O) groups is 1. The topological polar surface area (TPSA) is 63.7 Å². The van der Waals surface area contributed by atoms with E-state index >= 15 is 0 Å². The van der Waals surface area contributed by atoms with Gasteiger partial charge < -0.3 is 14.8 Å². The molecule has 1 atom stereocenters. The summed E-state index contributed by atoms with van der Waals surface area (Å²) < 4.78 is 10.6. The number of piperidine rings is 1. The number of aromatic nitrogens is 1. The molecule has 3 aromatic rings. The van der Waals surface area contributed by atoms with E-state index in [9.17, 15) is 4.79 Å². The van der Waals surface area contributed by atoms with Gasteiger partial charge in [0.1, 0.15) is 11.5 Å². The summed E-state index contributed by atoms with van der Waals surface area (Å²) in [6.45, 7) is 3.07. The summed E-state index contributed by atoms with van der Waals surface area (Å²) in [4.78, 5) is 19.3. The third-order valence-corrected chi connectivity index (χ3v) is 6.18. The van der Waals surface area contributed by atoms with Crippen molar-refractivity contribution in [2.24, 2.45) is 5.92 Å². The Morgan fingerprint density at radius 2 is 1.97 bits per heavy atom. The van der Waals surface area contributed by atoms with Gasteiger partial charge in [-0.2, -0.15) is 0 Å². The molecule has 2 heterocycles. The van der Waals surface area contributed by atoms with Gasteiger partial charge in [-0.15, -0.1) is 0 Å². The maximum atomic E-state index is 12.6. The molecule has 4 rings (SSSR count). The predicted molar refractivity (Wildman–Crippen MR) is 127 cm³/mol. The lowest BCUT2D eigenvalue weighted by Crippen LogP contribution is -2.35. The summed E-state index contributed by atoms with van der Waals surface area (Å²) in [5, 5.41) is 5.44. The number of carbonyl (C=O) groups excluding carboxylic acids is 1. The fourth-order valence-corrected chi connectivity index (χ4v) is 4.54. The van der Waals surface area contributed by atoms with Crippen LogP contribution >= 0.6 is 0 Å². The van der Waals surface area contributed by atoms with Crippen LogP contribution < -0.4 is 14.8 Å². The highest BCUT2D eigenvalue weighted by molar-refractivity contribution is 5.91. The van der Waals surface area contributed by atoms with E-state index in [1.807, 2.05) is 24.5 Å². The van der Waals surface area contributed by atoms with Crippen LogP contribution in [0.5, 0.6) is 11.5 Å². The predicted octanol–water partition coefficient (Wildman–Crippen LogP) is 4.88. The largest absolute Gasteiger partial charge is 0.497 e. The van der Waals surface area contributed by atoms with Crippen molar-refractivity contribution in [2.75, 3.05) is 32.6 Å². The monoisotopic (exact) mass is 433 g/mol. The number of methoxy groups -OCH3 is 2. The molecule has 1 saturated heterocycles. The minimum Gasteiger partial charge on any atom is -0.497 e. The van der Waals surface area contributed by atoms with Crippen LogP contribution in [0.3, 0.4) is 0 Å². The highest BCUT2D eigenvalue weighted by Crippen LogP contribution is 2.27. The van der Waals surface area contributed by atoms with E-state index in [4.69, 9.17) is 9.47 Å². The number of nitrogens with one attached hydrogen (secondary N) is 1. The Morgan fingerprint density at radius 1 is 1.16 bits per heavy atom. The summed E-state index contributed by atoms with van der Waals surface area (Å²) in [7, 11) is 3.20. The molecule has 1 unspecified atom stereocenters. The number of rotatable bonds is 8. The molecule has 0 spiro atoms. The maximum absolute atomic E-state index is 12.6. The van der Waals surface area contributed by atoms with Crippen molar-refractivity contribution in [3.63, 3.8) is 0 Å². The van der Waals surface area contributed by atoms with Crippen LogP contribution in [0.25, 0.3) is 10.8 Å². The first kappa shape index (κ1) is 22.1. The van der Waals surface area contributed by atoms with Crippen molar-refractivity contribution in [1.82, 2.24) is 9.88 Å². The molecule has 1 amide bonds. The molecule has 1 aliphatic rings. The first-order valence-corrected chi connectivity index (χ1v) is 11.2. The van der Waals surface area contributed by atoms with Crippen LogP contribution in [0, 0.1) is 5.92 Å². The van der Waals surface area contributed by atoms with E-state index in [1.54, 1.807) is 20.3 Å². The van der Waals surface area contributed by atoms with Gasteiger partial charge in [-0.1, -0.05) is 18.2 Å². The van der Waals surface area contributed by atoms with Gasteiger partial charge in [-0.3, -0.25) is 14.7 Å². The number of hydrogen-bond donors (Lipinski definition) is 1. The van der Waals surface area contributed by atoms with Gasteiger partial charge in [-0.05, 0) is 48.7 Å². The van der Waals surface area contributed by atoms with E-state index < -0.39 is 0 Å². The summed E-state index contributed by atoms with van der Waals surface area (Å²) in [5.74, 6) is 1.88. The van der Waals surface area contributed by atoms with Crippen molar-refractivity contribution < 1.29 is 14.3 Å². The molecule has 1 N–H and O–H groups in total. The van der Waals surface area contributed by atoms with Crippen LogP contribution in [0.1, 0.15) is 31.2 Å². The summed E-state index contributed by atoms with van der Waals surface area (Å²) in [5.41, 5.74) is 2.04. The number of benzene rings is 2. The van der Waals surface area contributed by atoms with Gasteiger partial charge in [-0.25, -0.2) is 0 Å². The number of amides is 1. The first-order chi connectivity index (χ1) is 15.6. The van der Waals surface area contributed by atoms with Crippen LogP contribution in [0.15, 0.2) is 54.9 Å². The molecule has 0 aliphatic carbocycles. The Kier molecular flexibility index (Phi) is 7.22. The molecule has 1 aromatic heterocycles. The average Bonchev–Trinajstić information content (AvgIpc) is 2.83. The molecule has 2 aromatic carbocycles. The van der Waals surface area contributed by atoms with Crippen LogP contribution in [-0.4, -0.2) is 43.1 Å². The van der Waals surface area contributed by atoms with Crippen molar-refractivity contribution in [3.8, 4) is 11.5 Å². The van der Waals surface area contributed by atoms with E-state index in [2.05, 4.69) is 39.5 Å². The minimum absolute atomic E-state index is 0.0268. The second-order valence-corrected chi connectivity index (χ2v) is 8.45. The Balaban J connectivity index is 1.31. The van der Waals surface area contributed by atoms with Crippen LogP contribution in [-0.2, 0) is 11.3 Å². The van der Waals surface area contributed by atoms with Gasteiger partial charge in [0, 0.05) is 61.2 Å². The lowest BCUT2D eigenvalue weighted by molar-refractivity contribution is -0.116. The van der Waals surface area contributed by atoms with E-state index in [0.717, 1.165) is 26.1 Å². The number of fused-ring (bicyclic) bond motifs is 1. The number of likely N-dealkylation sites (tertiary alicyclic amines) is 1. The zero-order chi connectivity index (χ0) is 22.3. The van der Waals surface area contributed by atoms with Crippen LogP contribution in [0.4, 0.5) is 5.69 Å². The first-order valence-electron chi connectivity index (χ1n) is 11.2. The third-order valence-electron chi connectivity index (χ3n) is 6.18. The molecule has 0 radical (unpaired) electrons. The van der Waals surface area contributed by atoms with E-state index in [-0.39, 0.29) is 5.91 Å². The minimum atomic E-state index is 0.0268. The zero-order valence-electron chi connectivity index (χ0n) is 18.8. The fourth-order valence-electron chi connectivity index (χ4n) is 4.54. The van der Waals surface area contributed by atoms with Gasteiger partial charge >= 0.3 is 0 Å². The fraction of sp³-hybridized carbons (Fsp3) is 0.385. The molecule has 0 saturated carbocycles. The molecule has 1 fully saturated rings. The van der Waals surface area contributed by atoms with Crippen molar-refractivity contribution in [1.29, 1.82) is 0 Å².